The van der Waals surface area contributed by atoms with Crippen LogP contribution in [-0.2, 0) is 4.79 Å². The first-order chi connectivity index (χ1) is 9.79. The lowest BCUT2D eigenvalue weighted by atomic mass is 10.0. The highest BCUT2D eigenvalue weighted by Crippen LogP contribution is 2.25. The third-order valence-electron chi connectivity index (χ3n) is 3.90. The first-order valence-electron chi connectivity index (χ1n) is 7.21. The summed E-state index contributed by atoms with van der Waals surface area (Å²) in [5, 5.41) is 9.61. The van der Waals surface area contributed by atoms with E-state index < -0.39 is 11.7 Å². The number of likely N-dealkylation sites (tertiary alicyclic amines) is 1. The summed E-state index contributed by atoms with van der Waals surface area (Å²) in [6.45, 7) is 6.33. The van der Waals surface area contributed by atoms with Gasteiger partial charge in [0.25, 0.3) is 5.91 Å². The number of hydrogen-bond acceptors (Lipinski definition) is 3. The highest BCUT2D eigenvalue weighted by atomic mass is 19.1. The van der Waals surface area contributed by atoms with Crippen molar-refractivity contribution < 1.29 is 19.0 Å². The van der Waals surface area contributed by atoms with Crippen LogP contribution in [0.3, 0.4) is 0 Å². The number of halogens is 1. The number of nitrogens with zero attached hydrogens (tertiary/aromatic N) is 1. The number of aliphatic hydroxyl groups excluding tert-OH is 1. The molecule has 0 radical (unpaired) electrons. The molecule has 1 aromatic rings. The minimum Gasteiger partial charge on any atom is -0.478 e. The van der Waals surface area contributed by atoms with Crippen molar-refractivity contribution in [2.45, 2.75) is 38.9 Å². The predicted octanol–water partition coefficient (Wildman–Crippen LogP) is 2.21. The van der Waals surface area contributed by atoms with Crippen LogP contribution < -0.4 is 4.74 Å². The van der Waals surface area contributed by atoms with Crippen LogP contribution in [0, 0.1) is 11.7 Å². The zero-order valence-corrected chi connectivity index (χ0v) is 12.7. The van der Waals surface area contributed by atoms with Crippen molar-refractivity contribution in [2.24, 2.45) is 5.92 Å². The van der Waals surface area contributed by atoms with E-state index >= 15 is 0 Å². The summed E-state index contributed by atoms with van der Waals surface area (Å²) in [4.78, 5) is 14.3. The molecular weight excluding hydrogens is 273 g/mol. The van der Waals surface area contributed by atoms with Gasteiger partial charge in [0.2, 0.25) is 0 Å². The number of benzene rings is 1. The molecule has 1 saturated heterocycles. The maximum Gasteiger partial charge on any atom is 0.266 e. The van der Waals surface area contributed by atoms with E-state index in [1.54, 1.807) is 25.7 Å². The van der Waals surface area contributed by atoms with Gasteiger partial charge in [0.05, 0.1) is 6.10 Å². The smallest absolute Gasteiger partial charge is 0.266 e. The number of carbonyl (C=O) groups is 1. The van der Waals surface area contributed by atoms with E-state index in [0.717, 1.165) is 6.42 Å². The Morgan fingerprint density at radius 3 is 2.57 bits per heavy atom. The molecule has 2 atom stereocenters. The lowest BCUT2D eigenvalue weighted by Crippen LogP contribution is -2.48. The maximum absolute atomic E-state index is 12.9. The molecule has 2 rings (SSSR count). The molecule has 0 spiro atoms. The topological polar surface area (TPSA) is 49.8 Å². The Bertz CT molecular complexity index is 499. The van der Waals surface area contributed by atoms with Gasteiger partial charge in [0, 0.05) is 19.0 Å². The van der Waals surface area contributed by atoms with Gasteiger partial charge < -0.3 is 14.7 Å². The van der Waals surface area contributed by atoms with Crippen molar-refractivity contribution in [3.05, 3.63) is 30.1 Å². The lowest BCUT2D eigenvalue weighted by Gasteiger charge is -2.30. The van der Waals surface area contributed by atoms with E-state index in [-0.39, 0.29) is 17.6 Å². The summed E-state index contributed by atoms with van der Waals surface area (Å²) in [6.07, 6.45) is 0.389. The summed E-state index contributed by atoms with van der Waals surface area (Å²) in [7, 11) is 0. The summed E-state index contributed by atoms with van der Waals surface area (Å²) in [6, 6.07) is 5.62. The van der Waals surface area contributed by atoms with Gasteiger partial charge in [-0.1, -0.05) is 0 Å². The Labute approximate surface area is 124 Å². The lowest BCUT2D eigenvalue weighted by molar-refractivity contribution is -0.144. The third kappa shape index (κ3) is 3.73. The first-order valence-corrected chi connectivity index (χ1v) is 7.21. The van der Waals surface area contributed by atoms with Crippen molar-refractivity contribution in [3.63, 3.8) is 0 Å². The fourth-order valence-corrected chi connectivity index (χ4v) is 2.59. The van der Waals surface area contributed by atoms with Gasteiger partial charge in [-0.15, -0.1) is 0 Å². The second kappa shape index (κ2) is 6.02. The van der Waals surface area contributed by atoms with Crippen molar-refractivity contribution in [3.8, 4) is 5.75 Å². The van der Waals surface area contributed by atoms with Crippen molar-refractivity contribution in [2.75, 3.05) is 13.1 Å². The third-order valence-corrected chi connectivity index (χ3v) is 3.90. The quantitative estimate of drug-likeness (QED) is 0.926. The number of hydrogen-bond donors (Lipinski definition) is 1. The monoisotopic (exact) mass is 295 g/mol. The zero-order valence-electron chi connectivity index (χ0n) is 12.7. The second-order valence-corrected chi connectivity index (χ2v) is 6.11. The number of aliphatic hydroxyl groups is 1. The number of amides is 1. The first kappa shape index (κ1) is 15.8. The molecule has 0 aromatic heterocycles. The molecule has 0 bridgehead atoms. The number of carbonyl (C=O) groups excluding carboxylic acids is 1. The molecular formula is C16H22FNO3. The summed E-state index contributed by atoms with van der Waals surface area (Å²) >= 11 is 0. The molecule has 1 heterocycles. The van der Waals surface area contributed by atoms with Gasteiger partial charge in [-0.3, -0.25) is 4.79 Å². The van der Waals surface area contributed by atoms with Gasteiger partial charge in [0.15, 0.2) is 5.60 Å². The van der Waals surface area contributed by atoms with Crippen molar-refractivity contribution in [1.29, 1.82) is 0 Å². The molecule has 1 amide bonds. The van der Waals surface area contributed by atoms with Crippen LogP contribution in [0.1, 0.15) is 27.2 Å². The van der Waals surface area contributed by atoms with Gasteiger partial charge in [-0.05, 0) is 51.5 Å². The molecule has 0 saturated carbocycles. The molecule has 4 nitrogen and oxygen atoms in total. The highest BCUT2D eigenvalue weighted by Gasteiger charge is 2.38. The van der Waals surface area contributed by atoms with E-state index in [2.05, 4.69) is 0 Å². The zero-order chi connectivity index (χ0) is 15.6. The largest absolute Gasteiger partial charge is 0.478 e. The van der Waals surface area contributed by atoms with Gasteiger partial charge in [-0.25, -0.2) is 4.39 Å². The average molecular weight is 295 g/mol. The molecule has 1 aliphatic heterocycles. The molecule has 116 valence electrons. The van der Waals surface area contributed by atoms with Gasteiger partial charge in [0.1, 0.15) is 11.6 Å². The van der Waals surface area contributed by atoms with E-state index in [1.807, 2.05) is 0 Å². The summed E-state index contributed by atoms with van der Waals surface area (Å²) < 4.78 is 18.6. The highest BCUT2D eigenvalue weighted by molar-refractivity contribution is 5.85. The van der Waals surface area contributed by atoms with E-state index in [0.29, 0.717) is 18.8 Å². The van der Waals surface area contributed by atoms with Gasteiger partial charge >= 0.3 is 0 Å². The summed E-state index contributed by atoms with van der Waals surface area (Å²) in [5.41, 5.74) is -1.02. The van der Waals surface area contributed by atoms with E-state index in [9.17, 15) is 14.3 Å². The average Bonchev–Trinajstić information content (AvgIpc) is 2.90. The SMILES string of the molecule is CC(O)C1CCN(C(=O)C(C)(C)Oc2ccc(F)cc2)C1. The number of rotatable bonds is 4. The standard InChI is InChI=1S/C16H22FNO3/c1-11(19)12-8-9-18(10-12)15(20)16(2,3)21-14-6-4-13(17)5-7-14/h4-7,11-12,19H,8-10H2,1-3H3. The van der Waals surface area contributed by atoms with E-state index in [4.69, 9.17) is 4.74 Å². The van der Waals surface area contributed by atoms with Crippen LogP contribution in [-0.4, -0.2) is 40.7 Å². The molecule has 0 aliphatic carbocycles. The van der Waals surface area contributed by atoms with Gasteiger partial charge in [-0.2, -0.15) is 0 Å². The Morgan fingerprint density at radius 2 is 2.05 bits per heavy atom. The fraction of sp³-hybridized carbons (Fsp3) is 0.562. The van der Waals surface area contributed by atoms with Crippen LogP contribution in [0.15, 0.2) is 24.3 Å². The maximum atomic E-state index is 12.9. The molecule has 1 fully saturated rings. The predicted molar refractivity (Wildman–Crippen MR) is 77.5 cm³/mol. The Hall–Kier alpha value is -1.62. The Morgan fingerprint density at radius 1 is 1.43 bits per heavy atom. The molecule has 2 unspecified atom stereocenters. The van der Waals surface area contributed by atoms with Crippen LogP contribution in [0.5, 0.6) is 5.75 Å². The summed E-state index contributed by atoms with van der Waals surface area (Å²) in [5.74, 6) is 0.123. The van der Waals surface area contributed by atoms with Crippen LogP contribution >= 0.6 is 0 Å². The number of ether oxygens (including phenoxy) is 1. The molecule has 1 N–H and O–H groups in total. The normalized spacial score (nSPS) is 20.4. The molecule has 5 heteroatoms. The fourth-order valence-electron chi connectivity index (χ4n) is 2.59. The van der Waals surface area contributed by atoms with Crippen LogP contribution in [0.25, 0.3) is 0 Å². The minimum absolute atomic E-state index is 0.116. The van der Waals surface area contributed by atoms with E-state index in [1.165, 1.54) is 24.3 Å². The molecule has 1 aromatic carbocycles. The van der Waals surface area contributed by atoms with Crippen LogP contribution in [0.4, 0.5) is 4.39 Å². The van der Waals surface area contributed by atoms with Crippen LogP contribution in [0.2, 0.25) is 0 Å². The minimum atomic E-state index is -1.02. The van der Waals surface area contributed by atoms with Crippen molar-refractivity contribution >= 4 is 5.91 Å². The van der Waals surface area contributed by atoms with Crippen molar-refractivity contribution in [1.82, 2.24) is 4.90 Å². The Kier molecular flexibility index (Phi) is 4.52. The molecule has 1 aliphatic rings. The Balaban J connectivity index is 2.02. The molecule has 21 heavy (non-hydrogen) atoms. The second-order valence-electron chi connectivity index (χ2n) is 6.11.